The molecule has 0 spiro atoms. The normalized spacial score (nSPS) is 11.3. The Morgan fingerprint density at radius 3 is 2.44 bits per heavy atom. The molecule has 2 nitrogen and oxygen atoms in total. The Kier molecular flexibility index (Phi) is 4.54. The van der Waals surface area contributed by atoms with Gasteiger partial charge in [-0.1, -0.05) is 20.8 Å². The number of benzene rings is 1. The minimum absolute atomic E-state index is 0.0421. The molecule has 0 amide bonds. The van der Waals surface area contributed by atoms with Crippen molar-refractivity contribution in [2.75, 3.05) is 19.5 Å². The molecule has 0 saturated carbocycles. The molecule has 0 aliphatic rings. The zero-order valence-electron chi connectivity index (χ0n) is 10.4. The van der Waals surface area contributed by atoms with Crippen molar-refractivity contribution in [3.63, 3.8) is 0 Å². The van der Waals surface area contributed by atoms with Crippen molar-refractivity contribution in [2.45, 2.75) is 26.2 Å². The lowest BCUT2D eigenvalue weighted by Crippen LogP contribution is -2.14. The van der Waals surface area contributed by atoms with Crippen molar-refractivity contribution >= 4 is 12.6 Å². The number of thiol groups is 1. The van der Waals surface area contributed by atoms with Crippen molar-refractivity contribution in [1.29, 1.82) is 0 Å². The SMILES string of the molecule is COc1ccc(OCCS)c(C(C)(C)C)c1. The molecular weight excluding hydrogens is 220 g/mol. The maximum absolute atomic E-state index is 5.68. The molecule has 0 N–H and O–H groups in total. The Labute approximate surface area is 103 Å². The maximum Gasteiger partial charge on any atom is 0.123 e. The highest BCUT2D eigenvalue weighted by Gasteiger charge is 2.19. The van der Waals surface area contributed by atoms with Gasteiger partial charge in [0.25, 0.3) is 0 Å². The lowest BCUT2D eigenvalue weighted by atomic mass is 9.86. The smallest absolute Gasteiger partial charge is 0.123 e. The number of rotatable bonds is 4. The van der Waals surface area contributed by atoms with Crippen LogP contribution in [0, 0.1) is 0 Å². The fraction of sp³-hybridized carbons (Fsp3) is 0.538. The molecule has 0 saturated heterocycles. The molecule has 0 aliphatic heterocycles. The molecule has 0 heterocycles. The summed E-state index contributed by atoms with van der Waals surface area (Å²) >= 11 is 4.15. The second-order valence-corrected chi connectivity index (χ2v) is 5.13. The predicted octanol–water partition coefficient (Wildman–Crippen LogP) is 3.30. The van der Waals surface area contributed by atoms with E-state index in [1.54, 1.807) is 7.11 Å². The first-order chi connectivity index (χ1) is 7.49. The zero-order chi connectivity index (χ0) is 12.2. The van der Waals surface area contributed by atoms with Gasteiger partial charge in [0.15, 0.2) is 0 Å². The van der Waals surface area contributed by atoms with Gasteiger partial charge in [-0.05, 0) is 23.6 Å². The quantitative estimate of drug-likeness (QED) is 0.814. The lowest BCUT2D eigenvalue weighted by Gasteiger charge is -2.23. The van der Waals surface area contributed by atoms with Crippen molar-refractivity contribution in [2.24, 2.45) is 0 Å². The molecule has 0 aliphatic carbocycles. The van der Waals surface area contributed by atoms with E-state index in [1.807, 2.05) is 18.2 Å². The van der Waals surface area contributed by atoms with E-state index in [4.69, 9.17) is 9.47 Å². The lowest BCUT2D eigenvalue weighted by molar-refractivity contribution is 0.331. The van der Waals surface area contributed by atoms with Gasteiger partial charge in [0.05, 0.1) is 13.7 Å². The standard InChI is InChI=1S/C13H20O2S/c1-13(2,3)11-9-10(14-4)5-6-12(11)15-7-8-16/h5-6,9,16H,7-8H2,1-4H3. The third-order valence-electron chi connectivity index (χ3n) is 2.34. The third kappa shape index (κ3) is 3.34. The van der Waals surface area contributed by atoms with E-state index in [2.05, 4.69) is 33.4 Å². The minimum Gasteiger partial charge on any atom is -0.497 e. The van der Waals surface area contributed by atoms with Crippen LogP contribution in [0.2, 0.25) is 0 Å². The average Bonchev–Trinajstić information content (AvgIpc) is 2.25. The van der Waals surface area contributed by atoms with Crippen LogP contribution in [0.1, 0.15) is 26.3 Å². The first kappa shape index (κ1) is 13.2. The number of hydrogen-bond donors (Lipinski definition) is 1. The van der Waals surface area contributed by atoms with E-state index < -0.39 is 0 Å². The fourth-order valence-electron chi connectivity index (χ4n) is 1.50. The number of ether oxygens (including phenoxy) is 2. The molecule has 0 atom stereocenters. The Morgan fingerprint density at radius 2 is 1.94 bits per heavy atom. The first-order valence-electron chi connectivity index (χ1n) is 5.41. The van der Waals surface area contributed by atoms with Gasteiger partial charge < -0.3 is 9.47 Å². The van der Waals surface area contributed by atoms with Crippen molar-refractivity contribution in [1.82, 2.24) is 0 Å². The topological polar surface area (TPSA) is 18.5 Å². The summed E-state index contributed by atoms with van der Waals surface area (Å²) in [6, 6.07) is 5.92. The van der Waals surface area contributed by atoms with E-state index in [-0.39, 0.29) is 5.41 Å². The van der Waals surface area contributed by atoms with Gasteiger partial charge in [-0.25, -0.2) is 0 Å². The third-order valence-corrected chi connectivity index (χ3v) is 2.53. The monoisotopic (exact) mass is 240 g/mol. The molecule has 0 unspecified atom stereocenters. The van der Waals surface area contributed by atoms with E-state index in [0.29, 0.717) is 6.61 Å². The van der Waals surface area contributed by atoms with Gasteiger partial charge in [-0.3, -0.25) is 0 Å². The molecule has 1 aromatic carbocycles. The Bertz CT molecular complexity index is 342. The van der Waals surface area contributed by atoms with Crippen LogP contribution in [-0.2, 0) is 5.41 Å². The molecule has 0 fully saturated rings. The molecule has 1 rings (SSSR count). The molecule has 0 radical (unpaired) electrons. The first-order valence-corrected chi connectivity index (χ1v) is 6.04. The van der Waals surface area contributed by atoms with Crippen molar-refractivity contribution in [3.05, 3.63) is 23.8 Å². The maximum atomic E-state index is 5.68. The molecule has 3 heteroatoms. The highest BCUT2D eigenvalue weighted by molar-refractivity contribution is 7.80. The van der Waals surface area contributed by atoms with E-state index in [1.165, 1.54) is 0 Å². The Hall–Kier alpha value is -0.830. The van der Waals surface area contributed by atoms with E-state index in [9.17, 15) is 0 Å². The number of methoxy groups -OCH3 is 1. The molecule has 16 heavy (non-hydrogen) atoms. The summed E-state index contributed by atoms with van der Waals surface area (Å²) in [7, 11) is 1.68. The van der Waals surface area contributed by atoms with Gasteiger partial charge in [0, 0.05) is 11.3 Å². The average molecular weight is 240 g/mol. The Morgan fingerprint density at radius 1 is 1.25 bits per heavy atom. The van der Waals surface area contributed by atoms with Gasteiger partial charge in [0.1, 0.15) is 11.5 Å². The second-order valence-electron chi connectivity index (χ2n) is 4.68. The number of hydrogen-bond acceptors (Lipinski definition) is 3. The molecular formula is C13H20O2S. The van der Waals surface area contributed by atoms with Crippen LogP contribution in [0.25, 0.3) is 0 Å². The summed E-state index contributed by atoms with van der Waals surface area (Å²) in [6.07, 6.45) is 0. The van der Waals surface area contributed by atoms with Crippen LogP contribution in [0.3, 0.4) is 0 Å². The van der Waals surface area contributed by atoms with Crippen LogP contribution in [0.15, 0.2) is 18.2 Å². The highest BCUT2D eigenvalue weighted by Crippen LogP contribution is 2.34. The van der Waals surface area contributed by atoms with E-state index in [0.717, 1.165) is 22.8 Å². The predicted molar refractivity (Wildman–Crippen MR) is 71.0 cm³/mol. The summed E-state index contributed by atoms with van der Waals surface area (Å²) in [5.41, 5.74) is 1.20. The summed E-state index contributed by atoms with van der Waals surface area (Å²) in [4.78, 5) is 0. The molecule has 0 aromatic heterocycles. The molecule has 0 bridgehead atoms. The summed E-state index contributed by atoms with van der Waals surface area (Å²) in [5.74, 6) is 2.50. The largest absolute Gasteiger partial charge is 0.497 e. The summed E-state index contributed by atoms with van der Waals surface area (Å²) in [6.45, 7) is 7.11. The van der Waals surface area contributed by atoms with Crippen LogP contribution >= 0.6 is 12.6 Å². The van der Waals surface area contributed by atoms with E-state index >= 15 is 0 Å². The van der Waals surface area contributed by atoms with Crippen molar-refractivity contribution < 1.29 is 9.47 Å². The summed E-state index contributed by atoms with van der Waals surface area (Å²) < 4.78 is 10.9. The van der Waals surface area contributed by atoms with Crippen molar-refractivity contribution in [3.8, 4) is 11.5 Å². The van der Waals surface area contributed by atoms with Gasteiger partial charge in [0.2, 0.25) is 0 Å². The zero-order valence-corrected chi connectivity index (χ0v) is 11.3. The summed E-state index contributed by atoms with van der Waals surface area (Å²) in [5, 5.41) is 0. The van der Waals surface area contributed by atoms with Gasteiger partial charge in [-0.2, -0.15) is 12.6 Å². The van der Waals surface area contributed by atoms with Crippen LogP contribution in [-0.4, -0.2) is 19.5 Å². The highest BCUT2D eigenvalue weighted by atomic mass is 32.1. The van der Waals surface area contributed by atoms with Gasteiger partial charge in [-0.15, -0.1) is 0 Å². The molecule has 90 valence electrons. The Balaban J connectivity index is 3.06. The van der Waals surface area contributed by atoms with Gasteiger partial charge >= 0.3 is 0 Å². The van der Waals surface area contributed by atoms with Crippen LogP contribution in [0.4, 0.5) is 0 Å². The van der Waals surface area contributed by atoms with Crippen LogP contribution in [0.5, 0.6) is 11.5 Å². The van der Waals surface area contributed by atoms with Crippen LogP contribution < -0.4 is 9.47 Å². The molecule has 1 aromatic rings. The second kappa shape index (κ2) is 5.48. The minimum atomic E-state index is 0.0421. The fourth-order valence-corrected chi connectivity index (χ4v) is 1.59.